The third kappa shape index (κ3) is 3.49. The SMILES string of the molecule is N#Cc1c(N2CC(CS(N)(=O)=O)CC2=O)cc(N)nc1Br. The summed E-state index contributed by atoms with van der Waals surface area (Å²) in [7, 11) is -3.66. The highest BCUT2D eigenvalue weighted by molar-refractivity contribution is 9.10. The van der Waals surface area contributed by atoms with Gasteiger partial charge in [0.05, 0.1) is 11.4 Å². The van der Waals surface area contributed by atoms with Crippen LogP contribution >= 0.6 is 15.9 Å². The van der Waals surface area contributed by atoms with Crippen molar-refractivity contribution in [3.05, 3.63) is 16.2 Å². The first-order valence-electron chi connectivity index (χ1n) is 5.88. The lowest BCUT2D eigenvalue weighted by Crippen LogP contribution is -2.28. The van der Waals surface area contributed by atoms with E-state index in [0.29, 0.717) is 5.69 Å². The molecule has 0 spiro atoms. The first-order chi connectivity index (χ1) is 9.71. The molecule has 4 N–H and O–H groups in total. The number of hydrogen-bond donors (Lipinski definition) is 2. The summed E-state index contributed by atoms with van der Waals surface area (Å²) in [5.41, 5.74) is 6.12. The van der Waals surface area contributed by atoms with Crippen molar-refractivity contribution in [3.63, 3.8) is 0 Å². The maximum atomic E-state index is 12.1. The number of carbonyl (C=O) groups is 1. The lowest BCUT2D eigenvalue weighted by Gasteiger charge is -2.19. The summed E-state index contributed by atoms with van der Waals surface area (Å²) >= 11 is 3.12. The Bertz CT molecular complexity index is 743. The molecule has 8 nitrogen and oxygen atoms in total. The average molecular weight is 374 g/mol. The molecule has 10 heteroatoms. The van der Waals surface area contributed by atoms with E-state index in [1.165, 1.54) is 11.0 Å². The van der Waals surface area contributed by atoms with Gasteiger partial charge in [0.1, 0.15) is 22.1 Å². The topological polar surface area (TPSA) is 143 Å². The number of primary sulfonamides is 1. The molecular weight excluding hydrogens is 362 g/mol. The summed E-state index contributed by atoms with van der Waals surface area (Å²) in [6.07, 6.45) is 0.0567. The van der Waals surface area contributed by atoms with E-state index >= 15 is 0 Å². The van der Waals surface area contributed by atoms with Gasteiger partial charge >= 0.3 is 0 Å². The number of nitrogens with two attached hydrogens (primary N) is 2. The molecule has 2 rings (SSSR count). The normalized spacial score (nSPS) is 18.8. The number of nitrogen functional groups attached to an aromatic ring is 1. The minimum absolute atomic E-state index is 0.0567. The Morgan fingerprint density at radius 3 is 2.81 bits per heavy atom. The van der Waals surface area contributed by atoms with Crippen LogP contribution in [-0.2, 0) is 14.8 Å². The van der Waals surface area contributed by atoms with Crippen LogP contribution in [0.1, 0.15) is 12.0 Å². The van der Waals surface area contributed by atoms with E-state index in [0.717, 1.165) is 0 Å². The van der Waals surface area contributed by atoms with Crippen molar-refractivity contribution in [3.8, 4) is 6.07 Å². The number of carbonyl (C=O) groups excluding carboxylic acids is 1. The number of nitrogens with zero attached hydrogens (tertiary/aromatic N) is 3. The third-order valence-electron chi connectivity index (χ3n) is 3.05. The second kappa shape index (κ2) is 5.59. The molecule has 0 saturated carbocycles. The van der Waals surface area contributed by atoms with Crippen LogP contribution in [0.3, 0.4) is 0 Å². The summed E-state index contributed by atoms with van der Waals surface area (Å²) in [5.74, 6) is -0.817. The van der Waals surface area contributed by atoms with Crippen LogP contribution in [0.5, 0.6) is 0 Å². The summed E-state index contributed by atoms with van der Waals surface area (Å²) < 4.78 is 22.5. The lowest BCUT2D eigenvalue weighted by molar-refractivity contribution is -0.117. The zero-order valence-corrected chi connectivity index (χ0v) is 13.2. The van der Waals surface area contributed by atoms with E-state index in [-0.39, 0.29) is 40.6 Å². The molecule has 1 aliphatic heterocycles. The molecule has 1 aromatic rings. The van der Waals surface area contributed by atoms with Gasteiger partial charge in [0.2, 0.25) is 15.9 Å². The molecule has 1 fully saturated rings. The molecule has 0 aromatic carbocycles. The molecular formula is C11H12BrN5O3S. The van der Waals surface area contributed by atoms with E-state index in [4.69, 9.17) is 10.9 Å². The Kier molecular flexibility index (Phi) is 4.18. The predicted molar refractivity (Wildman–Crippen MR) is 79.5 cm³/mol. The maximum absolute atomic E-state index is 12.1. The van der Waals surface area contributed by atoms with Crippen LogP contribution in [0.25, 0.3) is 0 Å². The molecule has 0 bridgehead atoms. The average Bonchev–Trinajstić information content (AvgIpc) is 2.66. The molecule has 21 heavy (non-hydrogen) atoms. The minimum atomic E-state index is -3.66. The Morgan fingerprint density at radius 2 is 2.24 bits per heavy atom. The molecule has 1 aromatic heterocycles. The first kappa shape index (κ1) is 15.7. The number of amides is 1. The van der Waals surface area contributed by atoms with Crippen LogP contribution in [0.15, 0.2) is 10.7 Å². The van der Waals surface area contributed by atoms with Crippen LogP contribution < -0.4 is 15.8 Å². The number of aromatic nitrogens is 1. The third-order valence-corrected chi connectivity index (χ3v) is 4.56. The van der Waals surface area contributed by atoms with Gasteiger partial charge < -0.3 is 10.6 Å². The zero-order chi connectivity index (χ0) is 15.8. The van der Waals surface area contributed by atoms with Gasteiger partial charge in [-0.2, -0.15) is 5.26 Å². The zero-order valence-electron chi connectivity index (χ0n) is 10.8. The molecule has 1 saturated heterocycles. The summed E-state index contributed by atoms with van der Waals surface area (Å²) in [6, 6.07) is 3.37. The fraction of sp³-hybridized carbons (Fsp3) is 0.364. The summed E-state index contributed by atoms with van der Waals surface area (Å²) in [6.45, 7) is 0.167. The molecule has 2 heterocycles. The molecule has 1 amide bonds. The van der Waals surface area contributed by atoms with Gasteiger partial charge in [-0.3, -0.25) is 4.79 Å². The van der Waals surface area contributed by atoms with Crippen LogP contribution in [0, 0.1) is 17.2 Å². The lowest BCUT2D eigenvalue weighted by atomic mass is 10.1. The van der Waals surface area contributed by atoms with Crippen molar-refractivity contribution in [2.75, 3.05) is 22.9 Å². The van der Waals surface area contributed by atoms with Gasteiger partial charge in [0, 0.05) is 24.9 Å². The van der Waals surface area contributed by atoms with E-state index in [2.05, 4.69) is 20.9 Å². The van der Waals surface area contributed by atoms with Crippen molar-refractivity contribution in [2.24, 2.45) is 11.1 Å². The van der Waals surface area contributed by atoms with E-state index in [9.17, 15) is 18.5 Å². The number of nitriles is 1. The van der Waals surface area contributed by atoms with E-state index in [1.54, 1.807) is 0 Å². The highest BCUT2D eigenvalue weighted by atomic mass is 79.9. The fourth-order valence-corrected chi connectivity index (χ4v) is 3.67. The van der Waals surface area contributed by atoms with Crippen molar-refractivity contribution in [1.82, 2.24) is 4.98 Å². The Labute approximate surface area is 129 Å². The van der Waals surface area contributed by atoms with Gasteiger partial charge in [-0.25, -0.2) is 18.5 Å². The number of anilines is 2. The smallest absolute Gasteiger partial charge is 0.227 e. The van der Waals surface area contributed by atoms with Crippen LogP contribution in [0.2, 0.25) is 0 Å². The Morgan fingerprint density at radius 1 is 1.57 bits per heavy atom. The van der Waals surface area contributed by atoms with Gasteiger partial charge in [-0.15, -0.1) is 0 Å². The Balaban J connectivity index is 2.36. The largest absolute Gasteiger partial charge is 0.384 e. The standard InChI is InChI=1S/C11H12BrN5O3S/c12-11-7(3-13)8(2-9(14)16-11)17-4-6(1-10(17)18)5-21(15,19)20/h2,6H,1,4-5H2,(H2,14,16)(H2,15,19,20). The van der Waals surface area contributed by atoms with Crippen molar-refractivity contribution in [2.45, 2.75) is 6.42 Å². The van der Waals surface area contributed by atoms with E-state index < -0.39 is 15.9 Å². The monoisotopic (exact) mass is 373 g/mol. The minimum Gasteiger partial charge on any atom is -0.384 e. The van der Waals surface area contributed by atoms with Gasteiger partial charge in [0.15, 0.2) is 0 Å². The second-order valence-electron chi connectivity index (χ2n) is 4.75. The number of hydrogen-bond acceptors (Lipinski definition) is 6. The summed E-state index contributed by atoms with van der Waals surface area (Å²) in [4.78, 5) is 17.3. The first-order valence-corrected chi connectivity index (χ1v) is 8.39. The van der Waals surface area contributed by atoms with Crippen molar-refractivity contribution in [1.29, 1.82) is 5.26 Å². The summed E-state index contributed by atoms with van der Waals surface area (Å²) in [5, 5.41) is 14.2. The predicted octanol–water partition coefficient (Wildman–Crippen LogP) is -0.0606. The second-order valence-corrected chi connectivity index (χ2v) is 7.16. The van der Waals surface area contributed by atoms with Crippen molar-refractivity contribution < 1.29 is 13.2 Å². The van der Waals surface area contributed by atoms with E-state index in [1.807, 2.05) is 6.07 Å². The van der Waals surface area contributed by atoms with Gasteiger partial charge in [-0.05, 0) is 15.9 Å². The maximum Gasteiger partial charge on any atom is 0.227 e. The molecule has 1 atom stereocenters. The highest BCUT2D eigenvalue weighted by Crippen LogP contribution is 2.32. The highest BCUT2D eigenvalue weighted by Gasteiger charge is 2.34. The molecule has 112 valence electrons. The molecule has 0 aliphatic carbocycles. The fourth-order valence-electron chi connectivity index (χ4n) is 2.29. The number of rotatable bonds is 3. The van der Waals surface area contributed by atoms with Gasteiger partial charge in [-0.1, -0.05) is 0 Å². The molecule has 1 aliphatic rings. The van der Waals surface area contributed by atoms with Crippen LogP contribution in [0.4, 0.5) is 11.5 Å². The van der Waals surface area contributed by atoms with Crippen LogP contribution in [-0.4, -0.2) is 31.6 Å². The molecule has 1 unspecified atom stereocenters. The Hall–Kier alpha value is -1.70. The van der Waals surface area contributed by atoms with Gasteiger partial charge in [0.25, 0.3) is 0 Å². The van der Waals surface area contributed by atoms with Crippen molar-refractivity contribution >= 4 is 43.4 Å². The quantitative estimate of drug-likeness (QED) is 0.710. The molecule has 0 radical (unpaired) electrons. The number of sulfonamides is 1. The number of pyridine rings is 1. The number of halogens is 1.